The molecule has 0 fully saturated rings. The zero-order chi connectivity index (χ0) is 17.8. The summed E-state index contributed by atoms with van der Waals surface area (Å²) in [6.07, 6.45) is 1.22. The molecule has 2 aromatic carbocycles. The molecule has 25 heavy (non-hydrogen) atoms. The smallest absolute Gasteiger partial charge is 0.266 e. The number of anilines is 1. The number of fused-ring (bicyclic) bond motifs is 2. The van der Waals surface area contributed by atoms with Crippen LogP contribution in [0, 0.1) is 13.8 Å². The van der Waals surface area contributed by atoms with Crippen LogP contribution in [-0.2, 0) is 22.9 Å². The Balaban J connectivity index is 1.86. The van der Waals surface area contributed by atoms with E-state index in [1.807, 2.05) is 26.0 Å². The Bertz CT molecular complexity index is 930. The molecule has 0 aliphatic carbocycles. The molecule has 0 atom stereocenters. The Morgan fingerprint density at radius 3 is 2.60 bits per heavy atom. The Labute approximate surface area is 152 Å². The van der Waals surface area contributed by atoms with Crippen LogP contribution < -0.4 is 14.2 Å². The highest BCUT2D eigenvalue weighted by Gasteiger charge is 2.34. The molecule has 5 nitrogen and oxygen atoms in total. The number of hydrogen-bond donors (Lipinski definition) is 1. The first-order chi connectivity index (χ1) is 11.9. The minimum Gasteiger partial charge on any atom is -0.493 e. The Kier molecular flexibility index (Phi) is 3.85. The zero-order valence-corrected chi connectivity index (χ0v) is 15.6. The SMILES string of the molecule is Cc1cc(C)c(NS(=O)(=O)c2c3c(cc4c2OCC4)OCC3)c(Cl)c1. The molecule has 2 aliphatic heterocycles. The number of rotatable bonds is 3. The van der Waals surface area contributed by atoms with E-state index >= 15 is 0 Å². The molecule has 4 rings (SSSR count). The van der Waals surface area contributed by atoms with E-state index in [1.165, 1.54) is 0 Å². The number of halogens is 1. The Morgan fingerprint density at radius 2 is 1.84 bits per heavy atom. The van der Waals surface area contributed by atoms with Crippen LogP contribution in [0.4, 0.5) is 5.69 Å². The number of nitrogens with one attached hydrogen (secondary N) is 1. The molecule has 132 valence electrons. The fourth-order valence-corrected chi connectivity index (χ4v) is 5.48. The van der Waals surface area contributed by atoms with Crippen LogP contribution in [-0.4, -0.2) is 21.6 Å². The van der Waals surface area contributed by atoms with Gasteiger partial charge in [0.25, 0.3) is 10.0 Å². The maximum absolute atomic E-state index is 13.2. The lowest BCUT2D eigenvalue weighted by molar-refractivity contribution is 0.348. The van der Waals surface area contributed by atoms with Gasteiger partial charge in [-0.2, -0.15) is 0 Å². The van der Waals surface area contributed by atoms with Crippen molar-refractivity contribution in [3.63, 3.8) is 0 Å². The number of aryl methyl sites for hydroxylation is 2. The second-order valence-electron chi connectivity index (χ2n) is 6.41. The van der Waals surface area contributed by atoms with E-state index in [9.17, 15) is 8.42 Å². The van der Waals surface area contributed by atoms with Gasteiger partial charge in [0.05, 0.1) is 23.9 Å². The van der Waals surface area contributed by atoms with Crippen molar-refractivity contribution in [1.29, 1.82) is 0 Å². The topological polar surface area (TPSA) is 64.6 Å². The molecular weight excluding hydrogens is 362 g/mol. The van der Waals surface area contributed by atoms with E-state index in [0.29, 0.717) is 53.8 Å². The highest BCUT2D eigenvalue weighted by molar-refractivity contribution is 7.93. The zero-order valence-electron chi connectivity index (χ0n) is 14.0. The molecule has 2 heterocycles. The first kappa shape index (κ1) is 16.5. The Morgan fingerprint density at radius 1 is 1.08 bits per heavy atom. The molecule has 0 unspecified atom stereocenters. The maximum Gasteiger partial charge on any atom is 0.266 e. The van der Waals surface area contributed by atoms with Crippen LogP contribution in [0.2, 0.25) is 5.02 Å². The maximum atomic E-state index is 13.2. The van der Waals surface area contributed by atoms with Crippen molar-refractivity contribution < 1.29 is 17.9 Å². The van der Waals surface area contributed by atoms with Crippen molar-refractivity contribution in [2.24, 2.45) is 0 Å². The quantitative estimate of drug-likeness (QED) is 0.884. The third-order valence-corrected chi connectivity index (χ3v) is 6.28. The third kappa shape index (κ3) is 2.73. The van der Waals surface area contributed by atoms with E-state index in [0.717, 1.165) is 16.7 Å². The summed E-state index contributed by atoms with van der Waals surface area (Å²) in [5, 5.41) is 0.377. The fraction of sp³-hybridized carbons (Fsp3) is 0.333. The molecule has 2 aromatic rings. The summed E-state index contributed by atoms with van der Waals surface area (Å²) >= 11 is 6.28. The van der Waals surface area contributed by atoms with Crippen molar-refractivity contribution in [3.8, 4) is 11.5 Å². The molecule has 1 N–H and O–H groups in total. The molecule has 0 saturated carbocycles. The molecule has 0 aromatic heterocycles. The van der Waals surface area contributed by atoms with E-state index < -0.39 is 10.0 Å². The number of sulfonamides is 1. The first-order valence-corrected chi connectivity index (χ1v) is 9.97. The predicted octanol–water partition coefficient (Wildman–Crippen LogP) is 3.63. The fourth-order valence-electron chi connectivity index (χ4n) is 3.46. The minimum absolute atomic E-state index is 0.186. The van der Waals surface area contributed by atoms with E-state index in [4.69, 9.17) is 21.1 Å². The van der Waals surface area contributed by atoms with Crippen molar-refractivity contribution in [3.05, 3.63) is 45.5 Å². The van der Waals surface area contributed by atoms with Gasteiger partial charge in [-0.25, -0.2) is 8.42 Å². The largest absolute Gasteiger partial charge is 0.493 e. The van der Waals surface area contributed by atoms with Gasteiger partial charge in [0, 0.05) is 24.0 Å². The highest BCUT2D eigenvalue weighted by atomic mass is 35.5. The van der Waals surface area contributed by atoms with Crippen LogP contribution in [0.3, 0.4) is 0 Å². The molecule has 2 aliphatic rings. The lowest BCUT2D eigenvalue weighted by Crippen LogP contribution is -2.17. The average Bonchev–Trinajstić information content (AvgIpc) is 3.16. The van der Waals surface area contributed by atoms with Gasteiger partial charge in [-0.3, -0.25) is 4.72 Å². The van der Waals surface area contributed by atoms with Gasteiger partial charge >= 0.3 is 0 Å². The monoisotopic (exact) mass is 379 g/mol. The van der Waals surface area contributed by atoms with E-state index in [2.05, 4.69) is 4.72 Å². The van der Waals surface area contributed by atoms with Crippen molar-refractivity contribution in [2.45, 2.75) is 31.6 Å². The van der Waals surface area contributed by atoms with Crippen LogP contribution in [0.1, 0.15) is 22.3 Å². The summed E-state index contributed by atoms with van der Waals surface area (Å²) in [7, 11) is -3.86. The minimum atomic E-state index is -3.86. The van der Waals surface area contributed by atoms with Crippen LogP contribution in [0.15, 0.2) is 23.1 Å². The lowest BCUT2D eigenvalue weighted by atomic mass is 10.1. The summed E-state index contributed by atoms with van der Waals surface area (Å²) in [6, 6.07) is 5.53. The molecular formula is C18H18ClNO4S. The van der Waals surface area contributed by atoms with Gasteiger partial charge in [-0.05, 0) is 37.1 Å². The third-order valence-electron chi connectivity index (χ3n) is 4.54. The molecule has 0 saturated heterocycles. The second kappa shape index (κ2) is 5.81. The standard InChI is InChI=1S/C18H18ClNO4S/c1-10-7-11(2)16(14(19)8-10)20-25(21,22)18-13-4-6-23-15(13)9-12-3-5-24-17(12)18/h7-9,20H,3-6H2,1-2H3. The molecule has 0 radical (unpaired) electrons. The summed E-state index contributed by atoms with van der Waals surface area (Å²) in [4.78, 5) is 0.186. The van der Waals surface area contributed by atoms with Gasteiger partial charge < -0.3 is 9.47 Å². The van der Waals surface area contributed by atoms with E-state index in [1.54, 1.807) is 6.07 Å². The molecule has 0 amide bonds. The normalized spacial score (nSPS) is 15.3. The molecule has 7 heteroatoms. The van der Waals surface area contributed by atoms with E-state index in [-0.39, 0.29) is 4.90 Å². The number of hydrogen-bond acceptors (Lipinski definition) is 4. The van der Waals surface area contributed by atoms with Gasteiger partial charge in [-0.1, -0.05) is 17.7 Å². The van der Waals surface area contributed by atoms with Gasteiger partial charge in [-0.15, -0.1) is 0 Å². The van der Waals surface area contributed by atoms with Crippen LogP contribution >= 0.6 is 11.6 Å². The highest BCUT2D eigenvalue weighted by Crippen LogP contribution is 2.44. The van der Waals surface area contributed by atoms with Crippen molar-refractivity contribution >= 4 is 27.3 Å². The number of benzene rings is 2. The first-order valence-electron chi connectivity index (χ1n) is 8.11. The summed E-state index contributed by atoms with van der Waals surface area (Å²) in [5.41, 5.74) is 3.69. The van der Waals surface area contributed by atoms with Gasteiger partial charge in [0.15, 0.2) is 0 Å². The second-order valence-corrected chi connectivity index (χ2v) is 8.44. The van der Waals surface area contributed by atoms with Gasteiger partial charge in [0.1, 0.15) is 16.4 Å². The summed E-state index contributed by atoms with van der Waals surface area (Å²) in [6.45, 7) is 4.70. The average molecular weight is 380 g/mol. The number of ether oxygens (including phenoxy) is 2. The molecule has 0 spiro atoms. The van der Waals surface area contributed by atoms with Crippen molar-refractivity contribution in [2.75, 3.05) is 17.9 Å². The molecule has 0 bridgehead atoms. The Hall–Kier alpha value is -1.92. The van der Waals surface area contributed by atoms with Crippen LogP contribution in [0.5, 0.6) is 11.5 Å². The summed E-state index contributed by atoms with van der Waals surface area (Å²) < 4.78 is 40.3. The lowest BCUT2D eigenvalue weighted by Gasteiger charge is -2.17. The predicted molar refractivity (Wildman–Crippen MR) is 96.6 cm³/mol. The van der Waals surface area contributed by atoms with Crippen LogP contribution in [0.25, 0.3) is 0 Å². The van der Waals surface area contributed by atoms with Crippen molar-refractivity contribution in [1.82, 2.24) is 0 Å². The summed E-state index contributed by atoms with van der Waals surface area (Å²) in [5.74, 6) is 1.08. The van der Waals surface area contributed by atoms with Gasteiger partial charge in [0.2, 0.25) is 0 Å².